The molecule has 1 atom stereocenters. The SMILES string of the molecule is CCC(CC(=O)O)n1nnnc1-c1cnn2ccccc12. The van der Waals surface area contributed by atoms with Crippen molar-refractivity contribution in [3.8, 4) is 11.4 Å². The minimum atomic E-state index is -0.872. The summed E-state index contributed by atoms with van der Waals surface area (Å²) in [5.41, 5.74) is 1.66. The summed E-state index contributed by atoms with van der Waals surface area (Å²) in [5.74, 6) is -0.340. The zero-order valence-electron chi connectivity index (χ0n) is 11.4. The van der Waals surface area contributed by atoms with E-state index in [4.69, 9.17) is 5.11 Å². The van der Waals surface area contributed by atoms with E-state index >= 15 is 0 Å². The topological polar surface area (TPSA) is 98.2 Å². The second-order valence-corrected chi connectivity index (χ2v) is 4.70. The lowest BCUT2D eigenvalue weighted by molar-refractivity contribution is -0.138. The third kappa shape index (κ3) is 2.35. The quantitative estimate of drug-likeness (QED) is 0.761. The van der Waals surface area contributed by atoms with Gasteiger partial charge in [-0.05, 0) is 29.0 Å². The molecule has 0 bridgehead atoms. The summed E-state index contributed by atoms with van der Waals surface area (Å²) in [7, 11) is 0. The predicted molar refractivity (Wildman–Crippen MR) is 73.6 cm³/mol. The van der Waals surface area contributed by atoms with Gasteiger partial charge in [-0.3, -0.25) is 4.79 Å². The molecule has 0 saturated carbocycles. The zero-order valence-corrected chi connectivity index (χ0v) is 11.4. The van der Waals surface area contributed by atoms with Crippen LogP contribution in [0.25, 0.3) is 16.9 Å². The molecule has 21 heavy (non-hydrogen) atoms. The normalized spacial score (nSPS) is 12.6. The highest BCUT2D eigenvalue weighted by Gasteiger charge is 2.21. The Labute approximate surface area is 120 Å². The average Bonchev–Trinajstić information content (AvgIpc) is 3.10. The van der Waals surface area contributed by atoms with Crippen molar-refractivity contribution >= 4 is 11.5 Å². The van der Waals surface area contributed by atoms with Crippen molar-refractivity contribution in [3.05, 3.63) is 30.6 Å². The molecule has 8 nitrogen and oxygen atoms in total. The van der Waals surface area contributed by atoms with E-state index in [2.05, 4.69) is 20.6 Å². The van der Waals surface area contributed by atoms with E-state index < -0.39 is 5.97 Å². The number of carboxylic acid groups (broad SMARTS) is 1. The van der Waals surface area contributed by atoms with Gasteiger partial charge in [-0.25, -0.2) is 9.20 Å². The molecular formula is C13H14N6O2. The molecule has 108 valence electrons. The number of tetrazole rings is 1. The Morgan fingerprint density at radius 1 is 1.43 bits per heavy atom. The number of pyridine rings is 1. The highest BCUT2D eigenvalue weighted by molar-refractivity contribution is 5.75. The van der Waals surface area contributed by atoms with Crippen LogP contribution in [0.5, 0.6) is 0 Å². The Bertz CT molecular complexity index is 778. The van der Waals surface area contributed by atoms with Crippen LogP contribution in [-0.4, -0.2) is 40.9 Å². The molecule has 0 aliphatic carbocycles. The fourth-order valence-electron chi connectivity index (χ4n) is 2.33. The minimum absolute atomic E-state index is 0.0201. The van der Waals surface area contributed by atoms with E-state index in [1.807, 2.05) is 31.3 Å². The molecule has 0 saturated heterocycles. The summed E-state index contributed by atoms with van der Waals surface area (Å²) in [4.78, 5) is 11.0. The maximum absolute atomic E-state index is 11.0. The van der Waals surface area contributed by atoms with Crippen LogP contribution in [0.1, 0.15) is 25.8 Å². The largest absolute Gasteiger partial charge is 0.481 e. The zero-order chi connectivity index (χ0) is 14.8. The van der Waals surface area contributed by atoms with Gasteiger partial charge in [-0.2, -0.15) is 5.10 Å². The van der Waals surface area contributed by atoms with Crippen molar-refractivity contribution in [1.82, 2.24) is 29.8 Å². The first-order valence-corrected chi connectivity index (χ1v) is 6.63. The van der Waals surface area contributed by atoms with Crippen molar-refractivity contribution in [2.45, 2.75) is 25.8 Å². The second-order valence-electron chi connectivity index (χ2n) is 4.70. The maximum Gasteiger partial charge on any atom is 0.305 e. The summed E-state index contributed by atoms with van der Waals surface area (Å²) in [6.45, 7) is 1.91. The lowest BCUT2D eigenvalue weighted by atomic mass is 10.1. The van der Waals surface area contributed by atoms with E-state index in [1.54, 1.807) is 15.4 Å². The molecule has 0 aromatic carbocycles. The summed E-state index contributed by atoms with van der Waals surface area (Å²) in [6, 6.07) is 5.42. The number of rotatable bonds is 5. The van der Waals surface area contributed by atoms with Crippen LogP contribution in [-0.2, 0) is 4.79 Å². The molecule has 3 aromatic heterocycles. The Hall–Kier alpha value is -2.77. The fraction of sp³-hybridized carbons (Fsp3) is 0.308. The number of hydrogen-bond donors (Lipinski definition) is 1. The Kier molecular flexibility index (Phi) is 3.35. The highest BCUT2D eigenvalue weighted by Crippen LogP contribution is 2.26. The van der Waals surface area contributed by atoms with Gasteiger partial charge in [0.1, 0.15) is 0 Å². The molecule has 0 aliphatic rings. The number of aliphatic carboxylic acids is 1. The molecule has 0 spiro atoms. The minimum Gasteiger partial charge on any atom is -0.481 e. The molecule has 1 unspecified atom stereocenters. The molecule has 0 aliphatic heterocycles. The van der Waals surface area contributed by atoms with Gasteiger partial charge in [0.25, 0.3) is 0 Å². The molecule has 0 radical (unpaired) electrons. The monoisotopic (exact) mass is 286 g/mol. The second kappa shape index (κ2) is 5.31. The van der Waals surface area contributed by atoms with Gasteiger partial charge in [0.2, 0.25) is 0 Å². The third-order valence-corrected chi connectivity index (χ3v) is 3.39. The van der Waals surface area contributed by atoms with Crippen LogP contribution < -0.4 is 0 Å². The number of fused-ring (bicyclic) bond motifs is 1. The van der Waals surface area contributed by atoms with Crippen LogP contribution in [0.2, 0.25) is 0 Å². The summed E-state index contributed by atoms with van der Waals surface area (Å²) < 4.78 is 3.30. The number of hydrogen-bond acceptors (Lipinski definition) is 5. The molecule has 0 amide bonds. The van der Waals surface area contributed by atoms with Crippen molar-refractivity contribution in [2.24, 2.45) is 0 Å². The molecule has 1 N–H and O–H groups in total. The molecule has 3 rings (SSSR count). The van der Waals surface area contributed by atoms with Crippen molar-refractivity contribution < 1.29 is 9.90 Å². The van der Waals surface area contributed by atoms with Crippen LogP contribution in [0.15, 0.2) is 30.6 Å². The Balaban J connectivity index is 2.08. The molecule has 0 fully saturated rings. The van der Waals surface area contributed by atoms with Gasteiger partial charge in [0.05, 0.1) is 29.7 Å². The van der Waals surface area contributed by atoms with Crippen molar-refractivity contribution in [3.63, 3.8) is 0 Å². The van der Waals surface area contributed by atoms with Crippen LogP contribution in [0, 0.1) is 0 Å². The fourth-order valence-corrected chi connectivity index (χ4v) is 2.33. The van der Waals surface area contributed by atoms with Gasteiger partial charge >= 0.3 is 5.97 Å². The number of carbonyl (C=O) groups is 1. The molecule has 3 aromatic rings. The van der Waals surface area contributed by atoms with E-state index in [9.17, 15) is 4.79 Å². The lowest BCUT2D eigenvalue weighted by Crippen LogP contribution is -2.15. The van der Waals surface area contributed by atoms with E-state index in [-0.39, 0.29) is 12.5 Å². The summed E-state index contributed by atoms with van der Waals surface area (Å²) in [6.07, 6.45) is 4.13. The Morgan fingerprint density at radius 3 is 3.05 bits per heavy atom. The van der Waals surface area contributed by atoms with Crippen molar-refractivity contribution in [1.29, 1.82) is 0 Å². The first-order chi connectivity index (χ1) is 10.2. The standard InChI is InChI=1S/C13H14N6O2/c1-2-9(7-12(20)21)19-13(15-16-17-19)10-8-14-18-6-4-3-5-11(10)18/h3-6,8-9H,2,7H2,1H3,(H,20,21). The number of carboxylic acids is 1. The van der Waals surface area contributed by atoms with Gasteiger partial charge in [-0.15, -0.1) is 5.10 Å². The third-order valence-electron chi connectivity index (χ3n) is 3.39. The lowest BCUT2D eigenvalue weighted by Gasteiger charge is -2.13. The molecule has 8 heteroatoms. The van der Waals surface area contributed by atoms with E-state index in [0.717, 1.165) is 11.1 Å². The molecule has 3 heterocycles. The predicted octanol–water partition coefficient (Wildman–Crippen LogP) is 1.41. The van der Waals surface area contributed by atoms with E-state index in [0.29, 0.717) is 12.2 Å². The highest BCUT2D eigenvalue weighted by atomic mass is 16.4. The van der Waals surface area contributed by atoms with Gasteiger partial charge < -0.3 is 5.11 Å². The maximum atomic E-state index is 11.0. The van der Waals surface area contributed by atoms with Gasteiger partial charge in [0.15, 0.2) is 5.82 Å². The van der Waals surface area contributed by atoms with Gasteiger partial charge in [0, 0.05) is 6.20 Å². The Morgan fingerprint density at radius 2 is 2.29 bits per heavy atom. The van der Waals surface area contributed by atoms with Crippen LogP contribution in [0.4, 0.5) is 0 Å². The number of nitrogens with zero attached hydrogens (tertiary/aromatic N) is 6. The number of aromatic nitrogens is 6. The first kappa shape index (κ1) is 13.2. The summed E-state index contributed by atoms with van der Waals surface area (Å²) in [5, 5.41) is 25.0. The smallest absolute Gasteiger partial charge is 0.305 e. The van der Waals surface area contributed by atoms with Gasteiger partial charge in [-0.1, -0.05) is 13.0 Å². The average molecular weight is 286 g/mol. The van der Waals surface area contributed by atoms with Crippen molar-refractivity contribution in [2.75, 3.05) is 0 Å². The first-order valence-electron chi connectivity index (χ1n) is 6.63. The molecular weight excluding hydrogens is 272 g/mol. The van der Waals surface area contributed by atoms with Crippen LogP contribution in [0.3, 0.4) is 0 Å². The van der Waals surface area contributed by atoms with Crippen LogP contribution >= 0.6 is 0 Å². The van der Waals surface area contributed by atoms with E-state index in [1.165, 1.54) is 0 Å². The summed E-state index contributed by atoms with van der Waals surface area (Å²) >= 11 is 0.